The molecule has 0 spiro atoms. The number of rotatable bonds is 21. The Bertz CT molecular complexity index is 1790. The minimum atomic E-state index is -3.93. The van der Waals surface area contributed by atoms with Crippen molar-refractivity contribution in [2.75, 3.05) is 46.6 Å². The minimum absolute atomic E-state index is 0.00167. The number of carbonyl (C=O) groups excluding carboxylic acids is 1. The number of nitrogens with one attached hydrogen (secondary N) is 2. The smallest absolute Gasteiger partial charge is 0.315 e. The molecule has 53 heavy (non-hydrogen) atoms. The van der Waals surface area contributed by atoms with Crippen LogP contribution < -0.4 is 15.4 Å². The number of aliphatic hydroxyl groups is 5. The molecule has 0 radical (unpaired) electrons. The molecule has 4 atom stereocenters. The lowest BCUT2D eigenvalue weighted by molar-refractivity contribution is -0.0902. The zero-order valence-corrected chi connectivity index (χ0v) is 30.9. The zero-order valence-electron chi connectivity index (χ0n) is 29.3. The van der Waals surface area contributed by atoms with Crippen LogP contribution in [0.3, 0.4) is 0 Å². The van der Waals surface area contributed by atoms with Crippen molar-refractivity contribution in [2.45, 2.75) is 73.2 Å². The molecule has 2 aliphatic rings. The maximum atomic E-state index is 13.5. The van der Waals surface area contributed by atoms with Crippen molar-refractivity contribution in [3.05, 3.63) is 77.1 Å². The first kappa shape index (κ1) is 40.8. The standard InChI is InChI=1S/C36H47ClN4O11S/c1-41(15-17-50-16-14-39-35(47)40-30(20-42)33(45)34(46)31(44)21-43)53(48,49)25-8-9-29(37)23(18-25)22-51-36(11-12-36)28-19-38-13-10-26(28)27-4-2-3-5-32(27)52-24-6-7-24/h2-5,8-10,13,18-19,24,30-31,33-34,42-46H,6-7,11-12,14-17,20-22H2,1H3,(H2,39,40,47). The van der Waals surface area contributed by atoms with Gasteiger partial charge in [-0.25, -0.2) is 13.2 Å². The van der Waals surface area contributed by atoms with Crippen molar-refractivity contribution >= 4 is 27.7 Å². The predicted molar refractivity (Wildman–Crippen MR) is 194 cm³/mol. The third kappa shape index (κ3) is 10.4. The number of amides is 2. The van der Waals surface area contributed by atoms with Gasteiger partial charge in [0.15, 0.2) is 0 Å². The maximum absolute atomic E-state index is 13.5. The Hall–Kier alpha value is -3.42. The molecule has 4 unspecified atom stereocenters. The van der Waals surface area contributed by atoms with Crippen molar-refractivity contribution in [3.8, 4) is 16.9 Å². The monoisotopic (exact) mass is 778 g/mol. The number of carbonyl (C=O) groups is 1. The van der Waals surface area contributed by atoms with E-state index < -0.39 is 59.2 Å². The normalized spacial score (nSPS) is 17.5. The van der Waals surface area contributed by atoms with Gasteiger partial charge in [-0.05, 0) is 67.1 Å². The van der Waals surface area contributed by atoms with Crippen LogP contribution in [0.15, 0.2) is 65.8 Å². The summed E-state index contributed by atoms with van der Waals surface area (Å²) in [6.07, 6.45) is 2.21. The highest BCUT2D eigenvalue weighted by molar-refractivity contribution is 7.89. The number of hydrogen-bond acceptors (Lipinski definition) is 12. The molecule has 0 bridgehead atoms. The Labute approximate surface area is 313 Å². The molecule has 1 aromatic heterocycles. The molecular formula is C36H47ClN4O11S. The molecule has 17 heteroatoms. The summed E-state index contributed by atoms with van der Waals surface area (Å²) >= 11 is 6.53. The van der Waals surface area contributed by atoms with Gasteiger partial charge in [-0.1, -0.05) is 29.8 Å². The Morgan fingerprint density at radius 3 is 2.49 bits per heavy atom. The van der Waals surface area contributed by atoms with Gasteiger partial charge in [0.2, 0.25) is 10.0 Å². The summed E-state index contributed by atoms with van der Waals surface area (Å²) in [5.41, 5.74) is 2.79. The Morgan fingerprint density at radius 2 is 1.79 bits per heavy atom. The van der Waals surface area contributed by atoms with Crippen LogP contribution in [0, 0.1) is 0 Å². The van der Waals surface area contributed by atoms with E-state index in [2.05, 4.69) is 15.6 Å². The minimum Gasteiger partial charge on any atom is -0.490 e. The second kappa shape index (κ2) is 18.3. The van der Waals surface area contributed by atoms with E-state index in [-0.39, 0.29) is 43.9 Å². The molecule has 2 amide bonds. The Balaban J connectivity index is 1.12. The van der Waals surface area contributed by atoms with Crippen LogP contribution in [0.5, 0.6) is 5.75 Å². The lowest BCUT2D eigenvalue weighted by Crippen LogP contribution is -2.56. The SMILES string of the molecule is CN(CCOCCNC(=O)NC(CO)C(O)C(O)C(O)CO)S(=O)(=O)c1ccc(Cl)c(COC2(c3cnccc3-c3ccccc3OC3CC3)CC2)c1. The van der Waals surface area contributed by atoms with Crippen LogP contribution >= 0.6 is 11.6 Å². The molecule has 1 heterocycles. The second-order valence-electron chi connectivity index (χ2n) is 13.1. The summed E-state index contributed by atoms with van der Waals surface area (Å²) in [5.74, 6) is 0.818. The predicted octanol–water partition coefficient (Wildman–Crippen LogP) is 1.52. The number of urea groups is 1. The number of nitrogens with zero attached hydrogens (tertiary/aromatic N) is 2. The quantitative estimate of drug-likeness (QED) is 0.0766. The largest absolute Gasteiger partial charge is 0.490 e. The lowest BCUT2D eigenvalue weighted by Gasteiger charge is -2.28. The number of likely N-dealkylation sites (N-methyl/N-ethyl adjacent to an activating group) is 1. The molecule has 2 aliphatic carbocycles. The van der Waals surface area contributed by atoms with E-state index in [1.807, 2.05) is 36.5 Å². The molecular weight excluding hydrogens is 732 g/mol. The third-order valence-electron chi connectivity index (χ3n) is 9.18. The van der Waals surface area contributed by atoms with Crippen LogP contribution in [0.25, 0.3) is 11.1 Å². The van der Waals surface area contributed by atoms with Crippen LogP contribution in [-0.2, 0) is 31.7 Å². The Kier molecular flexibility index (Phi) is 14.1. The number of para-hydroxylation sites is 1. The van der Waals surface area contributed by atoms with Crippen molar-refractivity contribution in [1.82, 2.24) is 19.9 Å². The summed E-state index contributed by atoms with van der Waals surface area (Å²) in [4.78, 5) is 16.6. The van der Waals surface area contributed by atoms with E-state index in [1.165, 1.54) is 25.2 Å². The van der Waals surface area contributed by atoms with Crippen LogP contribution in [0.2, 0.25) is 5.02 Å². The van der Waals surface area contributed by atoms with Gasteiger partial charge in [-0.15, -0.1) is 0 Å². The van der Waals surface area contributed by atoms with E-state index in [1.54, 1.807) is 6.20 Å². The van der Waals surface area contributed by atoms with E-state index in [0.717, 1.165) is 52.4 Å². The fraction of sp³-hybridized carbons (Fsp3) is 0.500. The molecule has 290 valence electrons. The molecule has 15 nitrogen and oxygen atoms in total. The van der Waals surface area contributed by atoms with E-state index >= 15 is 0 Å². The number of hydrogen-bond donors (Lipinski definition) is 7. The zero-order chi connectivity index (χ0) is 38.2. The topological polar surface area (TPSA) is 220 Å². The van der Waals surface area contributed by atoms with Crippen LogP contribution in [0.4, 0.5) is 4.79 Å². The molecule has 2 fully saturated rings. The van der Waals surface area contributed by atoms with Gasteiger partial charge >= 0.3 is 6.03 Å². The molecule has 3 aromatic rings. The number of pyridine rings is 1. The summed E-state index contributed by atoms with van der Waals surface area (Å²) in [7, 11) is -2.51. The maximum Gasteiger partial charge on any atom is 0.315 e. The number of ether oxygens (including phenoxy) is 3. The number of benzene rings is 2. The number of halogens is 1. The number of aromatic nitrogens is 1. The highest BCUT2D eigenvalue weighted by Crippen LogP contribution is 2.53. The van der Waals surface area contributed by atoms with Crippen molar-refractivity contribution in [2.24, 2.45) is 0 Å². The summed E-state index contributed by atoms with van der Waals surface area (Å²) in [5, 5.41) is 52.8. The molecule has 0 aliphatic heterocycles. The van der Waals surface area contributed by atoms with Gasteiger partial charge in [-0.3, -0.25) is 4.98 Å². The summed E-state index contributed by atoms with van der Waals surface area (Å²) in [6.45, 7) is -1.46. The highest BCUT2D eigenvalue weighted by atomic mass is 35.5. The van der Waals surface area contributed by atoms with Crippen LogP contribution in [-0.4, -0.2) is 126 Å². The first-order valence-electron chi connectivity index (χ1n) is 17.4. The third-order valence-corrected chi connectivity index (χ3v) is 11.4. The van der Waals surface area contributed by atoms with E-state index in [0.29, 0.717) is 10.6 Å². The molecule has 0 saturated heterocycles. The summed E-state index contributed by atoms with van der Waals surface area (Å²) in [6, 6.07) is 12.3. The molecule has 2 saturated carbocycles. The fourth-order valence-corrected chi connectivity index (χ4v) is 7.03. The number of sulfonamides is 1. The lowest BCUT2D eigenvalue weighted by atomic mass is 9.96. The Morgan fingerprint density at radius 1 is 1.04 bits per heavy atom. The van der Waals surface area contributed by atoms with E-state index in [4.69, 9.17) is 30.9 Å². The van der Waals surface area contributed by atoms with Crippen molar-refractivity contribution in [1.29, 1.82) is 0 Å². The summed E-state index contributed by atoms with van der Waals surface area (Å²) < 4.78 is 46.3. The van der Waals surface area contributed by atoms with Gasteiger partial charge in [0.05, 0.1) is 55.7 Å². The molecule has 5 rings (SSSR count). The average Bonchev–Trinajstić information content (AvgIpc) is 4.11. The van der Waals surface area contributed by atoms with E-state index in [9.17, 15) is 33.6 Å². The van der Waals surface area contributed by atoms with Gasteiger partial charge < -0.3 is 50.4 Å². The average molecular weight is 779 g/mol. The van der Waals surface area contributed by atoms with Crippen molar-refractivity contribution in [3.63, 3.8) is 0 Å². The second-order valence-corrected chi connectivity index (χ2v) is 15.6. The fourth-order valence-electron chi connectivity index (χ4n) is 5.66. The van der Waals surface area contributed by atoms with Crippen LogP contribution in [0.1, 0.15) is 36.8 Å². The first-order chi connectivity index (χ1) is 25.4. The number of aliphatic hydroxyl groups excluding tert-OH is 5. The van der Waals surface area contributed by atoms with Gasteiger partial charge in [0, 0.05) is 48.7 Å². The molecule has 7 N–H and O–H groups in total. The first-order valence-corrected chi connectivity index (χ1v) is 19.2. The van der Waals surface area contributed by atoms with Gasteiger partial charge in [0.25, 0.3) is 0 Å². The van der Waals surface area contributed by atoms with Gasteiger partial charge in [0.1, 0.15) is 24.1 Å². The van der Waals surface area contributed by atoms with Crippen molar-refractivity contribution < 1.29 is 53.0 Å². The molecule has 2 aromatic carbocycles. The highest BCUT2D eigenvalue weighted by Gasteiger charge is 2.48. The van der Waals surface area contributed by atoms with Gasteiger partial charge in [-0.2, -0.15) is 4.31 Å².